The lowest BCUT2D eigenvalue weighted by Crippen LogP contribution is -2.52. The number of benzene rings is 3. The van der Waals surface area contributed by atoms with Crippen LogP contribution in [0, 0.1) is 11.8 Å². The molecule has 256 valence electrons. The van der Waals surface area contributed by atoms with Crippen molar-refractivity contribution in [3.63, 3.8) is 0 Å². The number of fused-ring (bicyclic) bond motifs is 8. The maximum atomic E-state index is 6.45. The van der Waals surface area contributed by atoms with Crippen LogP contribution in [0.3, 0.4) is 0 Å². The molecule has 2 heteroatoms. The lowest BCUT2D eigenvalue weighted by Gasteiger charge is -2.44. The van der Waals surface area contributed by atoms with E-state index < -0.39 is 0 Å². The Bertz CT molecular complexity index is 2470. The zero-order valence-corrected chi connectivity index (χ0v) is 30.1. The first kappa shape index (κ1) is 31.5. The second kappa shape index (κ2) is 12.8. The molecule has 0 amide bonds. The zero-order chi connectivity index (χ0) is 34.8. The van der Waals surface area contributed by atoms with Crippen molar-refractivity contribution in [1.29, 1.82) is 0 Å². The summed E-state index contributed by atoms with van der Waals surface area (Å²) in [5, 5.41) is 2.43. The molecule has 1 aromatic heterocycles. The van der Waals surface area contributed by atoms with Gasteiger partial charge in [-0.1, -0.05) is 147 Å². The summed E-state index contributed by atoms with van der Waals surface area (Å²) >= 11 is 0. The maximum absolute atomic E-state index is 6.45. The summed E-state index contributed by atoms with van der Waals surface area (Å²) in [6.07, 6.45) is 35.3. The van der Waals surface area contributed by atoms with Gasteiger partial charge in [0.1, 0.15) is 11.0 Å². The Morgan fingerprint density at radius 3 is 2.52 bits per heavy atom. The van der Waals surface area contributed by atoms with Crippen LogP contribution in [0.1, 0.15) is 56.6 Å². The quantitative estimate of drug-likeness (QED) is 0.209. The predicted molar refractivity (Wildman–Crippen MR) is 217 cm³/mol. The van der Waals surface area contributed by atoms with Gasteiger partial charge in [0.2, 0.25) is 0 Å². The van der Waals surface area contributed by atoms with Crippen LogP contribution >= 0.6 is 0 Å². The van der Waals surface area contributed by atoms with Gasteiger partial charge in [-0.2, -0.15) is 0 Å². The van der Waals surface area contributed by atoms with Gasteiger partial charge in [-0.3, -0.25) is 4.90 Å². The topological polar surface area (TPSA) is 16.4 Å². The van der Waals surface area contributed by atoms with E-state index in [1.54, 1.807) is 0 Å². The fraction of sp³-hybridized carbons (Fsp3) is 0.240. The van der Waals surface area contributed by atoms with Gasteiger partial charge >= 0.3 is 0 Å². The molecule has 4 aromatic rings. The Labute approximate surface area is 307 Å². The Balaban J connectivity index is 1.00. The minimum absolute atomic E-state index is 0.242. The number of hydrogen-bond donors (Lipinski definition) is 0. The predicted octanol–water partition coefficient (Wildman–Crippen LogP) is 10.5. The fourth-order valence-electron chi connectivity index (χ4n) is 9.76. The van der Waals surface area contributed by atoms with Crippen molar-refractivity contribution in [2.75, 3.05) is 0 Å². The lowest BCUT2D eigenvalue weighted by molar-refractivity contribution is 0.135. The molecule has 2 nitrogen and oxygen atoms in total. The molecule has 6 unspecified atom stereocenters. The third kappa shape index (κ3) is 5.35. The molecule has 6 atom stereocenters. The highest BCUT2D eigenvalue weighted by atomic mass is 16.3. The monoisotopic (exact) mass is 675 g/mol. The number of hydrogen-bond acceptors (Lipinski definition) is 2. The van der Waals surface area contributed by atoms with Crippen LogP contribution in [0.2, 0.25) is 0 Å². The van der Waals surface area contributed by atoms with Crippen LogP contribution in [-0.4, -0.2) is 23.0 Å². The third-order valence-corrected chi connectivity index (χ3v) is 12.4. The van der Waals surface area contributed by atoms with Crippen molar-refractivity contribution in [3.05, 3.63) is 184 Å². The highest BCUT2D eigenvalue weighted by molar-refractivity contribution is 5.86. The van der Waals surface area contributed by atoms with Gasteiger partial charge in [-0.25, -0.2) is 0 Å². The highest BCUT2D eigenvalue weighted by Gasteiger charge is 2.36. The van der Waals surface area contributed by atoms with Crippen molar-refractivity contribution in [3.8, 4) is 11.1 Å². The molecule has 1 heterocycles. The first-order chi connectivity index (χ1) is 25.6. The molecular weight excluding hydrogens is 631 g/mol. The molecule has 10 rings (SSSR count). The van der Waals surface area contributed by atoms with E-state index >= 15 is 0 Å². The minimum atomic E-state index is 0.242. The molecule has 0 saturated carbocycles. The average molecular weight is 676 g/mol. The number of nitrogens with zero attached hydrogens (tertiary/aromatic N) is 1. The Morgan fingerprint density at radius 1 is 0.750 bits per heavy atom. The first-order valence-corrected chi connectivity index (χ1v) is 19.3. The minimum Gasteiger partial charge on any atom is -0.456 e. The molecule has 52 heavy (non-hydrogen) atoms. The van der Waals surface area contributed by atoms with E-state index in [9.17, 15) is 0 Å². The molecule has 0 N–H and O–H groups in total. The molecule has 0 saturated heterocycles. The van der Waals surface area contributed by atoms with Gasteiger partial charge in [0.05, 0.1) is 0 Å². The number of furan rings is 1. The van der Waals surface area contributed by atoms with Crippen LogP contribution in [0.25, 0.3) is 39.8 Å². The third-order valence-electron chi connectivity index (χ3n) is 12.4. The summed E-state index contributed by atoms with van der Waals surface area (Å²) in [6.45, 7) is 4.72. The summed E-state index contributed by atoms with van der Waals surface area (Å²) in [5.74, 6) is 1.42. The lowest BCUT2D eigenvalue weighted by atomic mass is 9.68. The van der Waals surface area contributed by atoms with E-state index in [4.69, 9.17) is 4.42 Å². The zero-order valence-electron chi connectivity index (χ0n) is 30.1. The van der Waals surface area contributed by atoms with Gasteiger partial charge in [-0.05, 0) is 106 Å². The molecule has 6 aliphatic rings. The van der Waals surface area contributed by atoms with E-state index in [-0.39, 0.29) is 12.1 Å². The molecule has 3 aromatic carbocycles. The summed E-state index contributed by atoms with van der Waals surface area (Å²) in [7, 11) is 0. The Kier molecular flexibility index (Phi) is 7.76. The largest absolute Gasteiger partial charge is 0.456 e. The summed E-state index contributed by atoms with van der Waals surface area (Å²) in [5.41, 5.74) is 14.8. The van der Waals surface area contributed by atoms with E-state index in [0.29, 0.717) is 23.8 Å². The van der Waals surface area contributed by atoms with Gasteiger partial charge in [0.15, 0.2) is 0 Å². The highest BCUT2D eigenvalue weighted by Crippen LogP contribution is 2.51. The van der Waals surface area contributed by atoms with E-state index in [1.165, 1.54) is 60.7 Å². The molecule has 0 fully saturated rings. The van der Waals surface area contributed by atoms with Crippen LogP contribution in [0.4, 0.5) is 0 Å². The number of allylic oxidation sites excluding steroid dienone is 12. The van der Waals surface area contributed by atoms with Gasteiger partial charge in [0.25, 0.3) is 0 Å². The molecule has 6 aliphatic carbocycles. The van der Waals surface area contributed by atoms with Gasteiger partial charge in [-0.15, -0.1) is 0 Å². The molecule has 0 bridgehead atoms. The van der Waals surface area contributed by atoms with E-state index in [2.05, 4.69) is 171 Å². The van der Waals surface area contributed by atoms with Crippen molar-refractivity contribution < 1.29 is 4.42 Å². The molecule has 0 aliphatic heterocycles. The maximum Gasteiger partial charge on any atom is 0.135 e. The normalized spacial score (nSPS) is 27.2. The van der Waals surface area contributed by atoms with Crippen LogP contribution in [-0.2, 0) is 0 Å². The fourth-order valence-corrected chi connectivity index (χ4v) is 9.76. The second-order valence-electron chi connectivity index (χ2n) is 15.6. The first-order valence-electron chi connectivity index (χ1n) is 19.3. The SMILES string of the molecule is CC1C=CC2=C(C1)c1ccccc1C1CC=C(C3=CC=CC(N(C4C=c5c(oc6ccc(-c7ccccc7)cc56)=CC4)C4C=CC=CC4C)C3)C=C21. The Hall–Kier alpha value is -5.18. The summed E-state index contributed by atoms with van der Waals surface area (Å²) in [4.78, 5) is 2.80. The van der Waals surface area contributed by atoms with Crippen molar-refractivity contribution in [2.24, 2.45) is 11.8 Å². The number of rotatable bonds is 5. The van der Waals surface area contributed by atoms with Gasteiger partial charge < -0.3 is 4.42 Å². The Morgan fingerprint density at radius 2 is 1.62 bits per heavy atom. The summed E-state index contributed by atoms with van der Waals surface area (Å²) in [6, 6.07) is 27.3. The van der Waals surface area contributed by atoms with Gasteiger partial charge in [0, 0.05) is 34.6 Å². The van der Waals surface area contributed by atoms with E-state index in [0.717, 1.165) is 36.7 Å². The van der Waals surface area contributed by atoms with Crippen molar-refractivity contribution in [1.82, 2.24) is 4.90 Å². The standard InChI is InChI=1S/C50H45NO/c1-32-19-23-43-44(27-32)41-17-8-7-16-40(41)42-24-20-37(29-45(42)43)35-14-10-15-38(28-35)51(48-18-9-6-11-33(48)2)39-22-26-50-47(31-39)46-30-36(21-25-49(46)52-50)34-12-4-3-5-13-34/h3-21,23,25-26,29-33,38-39,42,48H,22,24,27-28H2,1-2H3. The average Bonchev–Trinajstić information content (AvgIpc) is 3.56. The molecule has 0 radical (unpaired) electrons. The van der Waals surface area contributed by atoms with Crippen molar-refractivity contribution >= 4 is 28.7 Å². The van der Waals surface area contributed by atoms with Crippen LogP contribution < -0.4 is 10.6 Å². The van der Waals surface area contributed by atoms with Crippen molar-refractivity contribution in [2.45, 2.75) is 63.6 Å². The summed E-state index contributed by atoms with van der Waals surface area (Å²) < 4.78 is 6.45. The smallest absolute Gasteiger partial charge is 0.135 e. The van der Waals surface area contributed by atoms with Crippen LogP contribution in [0.15, 0.2) is 166 Å². The second-order valence-corrected chi connectivity index (χ2v) is 15.6. The van der Waals surface area contributed by atoms with E-state index in [1.807, 2.05) is 0 Å². The molecule has 0 spiro atoms. The van der Waals surface area contributed by atoms with Crippen LogP contribution in [0.5, 0.6) is 0 Å². The molecular formula is C50H45NO.